The van der Waals surface area contributed by atoms with Crippen LogP contribution >= 0.6 is 0 Å². The second-order valence-electron chi connectivity index (χ2n) is 12.2. The van der Waals surface area contributed by atoms with Crippen molar-refractivity contribution in [2.75, 3.05) is 13.2 Å². The van der Waals surface area contributed by atoms with Crippen LogP contribution in [-0.4, -0.2) is 36.4 Å². The number of aliphatic carboxylic acids is 1. The number of carboxylic acid groups (broad SMARTS) is 1. The Bertz CT molecular complexity index is 1720. The van der Waals surface area contributed by atoms with Crippen LogP contribution in [0.2, 0.25) is 0 Å². The van der Waals surface area contributed by atoms with E-state index in [1.54, 1.807) is 0 Å². The van der Waals surface area contributed by atoms with E-state index in [2.05, 4.69) is 90.4 Å². The van der Waals surface area contributed by atoms with E-state index >= 15 is 0 Å². The minimum absolute atomic E-state index is 0.0684. The Kier molecular flexibility index (Phi) is 9.79. The quantitative estimate of drug-likeness (QED) is 0.0912. The molecule has 238 valence electrons. The summed E-state index contributed by atoms with van der Waals surface area (Å²) in [6, 6.07) is 45.1. The molecule has 0 radical (unpaired) electrons. The summed E-state index contributed by atoms with van der Waals surface area (Å²) in [4.78, 5) is 24.8. The normalized spacial score (nSPS) is 13.0. The van der Waals surface area contributed by atoms with Crippen molar-refractivity contribution in [2.45, 2.75) is 43.7 Å². The van der Waals surface area contributed by atoms with Crippen molar-refractivity contribution >= 4 is 12.1 Å². The maximum atomic E-state index is 13.0. The van der Waals surface area contributed by atoms with Gasteiger partial charge in [-0.25, -0.2) is 4.79 Å². The zero-order valence-corrected chi connectivity index (χ0v) is 26.6. The van der Waals surface area contributed by atoms with E-state index in [-0.39, 0.29) is 18.9 Å². The number of carboxylic acids is 1. The summed E-state index contributed by atoms with van der Waals surface area (Å²) in [5, 5.41) is 16.4. The minimum atomic E-state index is -0.968. The summed E-state index contributed by atoms with van der Waals surface area (Å²) in [7, 11) is 0. The Morgan fingerprint density at radius 2 is 1.23 bits per heavy atom. The number of alkyl carbamates (subject to hydrolysis) is 1. The molecule has 1 atom stereocenters. The van der Waals surface area contributed by atoms with Gasteiger partial charge in [0.1, 0.15) is 6.61 Å². The van der Waals surface area contributed by atoms with Crippen LogP contribution in [0.1, 0.15) is 58.6 Å². The lowest BCUT2D eigenvalue weighted by molar-refractivity contribution is -0.137. The third kappa shape index (κ3) is 6.98. The topological polar surface area (TPSA) is 87.7 Å². The number of carbonyl (C=O) groups excluding carboxylic acids is 1. The molecule has 47 heavy (non-hydrogen) atoms. The summed E-state index contributed by atoms with van der Waals surface area (Å²) in [5.74, 6) is -1.04. The molecular formula is C41H40N2O4. The average molecular weight is 625 g/mol. The first-order chi connectivity index (χ1) is 23.0. The van der Waals surface area contributed by atoms with Gasteiger partial charge < -0.3 is 15.2 Å². The van der Waals surface area contributed by atoms with Gasteiger partial charge in [0.25, 0.3) is 0 Å². The number of nitrogens with one attached hydrogen (secondary N) is 2. The first kappa shape index (κ1) is 31.8. The number of carbonyl (C=O) groups is 2. The van der Waals surface area contributed by atoms with Crippen LogP contribution in [0, 0.1) is 6.92 Å². The van der Waals surface area contributed by atoms with Crippen LogP contribution in [0.4, 0.5) is 4.79 Å². The highest BCUT2D eigenvalue weighted by Crippen LogP contribution is 2.44. The van der Waals surface area contributed by atoms with E-state index in [1.165, 1.54) is 5.56 Å². The van der Waals surface area contributed by atoms with Gasteiger partial charge in [-0.2, -0.15) is 0 Å². The Balaban J connectivity index is 1.14. The molecule has 0 heterocycles. The highest BCUT2D eigenvalue weighted by atomic mass is 16.5. The third-order valence-corrected chi connectivity index (χ3v) is 9.10. The Labute approximate surface area is 276 Å². The molecule has 0 unspecified atom stereocenters. The molecule has 0 spiro atoms. The van der Waals surface area contributed by atoms with Crippen LogP contribution in [0.5, 0.6) is 0 Å². The standard InChI is InChI=1S/C41H40N2O4/c1-29-22-24-32(25-23-29)41(30-13-4-2-5-14-30,31-15-6-3-7-16-31)42-26-12-17-33(27-39(44)45)43-40(46)47-28-38-36-20-10-8-18-34(36)35-19-9-11-21-37(35)38/h2-11,13-16,18-25,33,38,42H,12,17,26-28H2,1H3,(H,43,46)(H,44,45)/t33-/m1/s1. The van der Waals surface area contributed by atoms with Crippen molar-refractivity contribution in [3.8, 4) is 11.1 Å². The molecule has 1 aliphatic carbocycles. The number of hydrogen-bond acceptors (Lipinski definition) is 4. The number of hydrogen-bond donors (Lipinski definition) is 3. The molecule has 5 aromatic carbocycles. The predicted molar refractivity (Wildman–Crippen MR) is 185 cm³/mol. The molecule has 1 aliphatic rings. The van der Waals surface area contributed by atoms with Crippen LogP contribution in [0.15, 0.2) is 133 Å². The van der Waals surface area contributed by atoms with Crippen molar-refractivity contribution in [1.29, 1.82) is 0 Å². The Hall–Kier alpha value is -5.20. The lowest BCUT2D eigenvalue weighted by Gasteiger charge is -2.37. The SMILES string of the molecule is Cc1ccc(C(NCCC[C@H](CC(=O)O)NC(=O)OCC2c3ccccc3-c3ccccc32)(c2ccccc2)c2ccccc2)cc1. The van der Waals surface area contributed by atoms with Gasteiger partial charge in [-0.3, -0.25) is 10.1 Å². The summed E-state index contributed by atoms with van der Waals surface area (Å²) < 4.78 is 5.74. The van der Waals surface area contributed by atoms with Crippen LogP contribution in [0.3, 0.4) is 0 Å². The van der Waals surface area contributed by atoms with Gasteiger partial charge in [0.05, 0.1) is 12.0 Å². The minimum Gasteiger partial charge on any atom is -0.481 e. The molecule has 1 amide bonds. The van der Waals surface area contributed by atoms with Gasteiger partial charge in [-0.15, -0.1) is 0 Å². The predicted octanol–water partition coefficient (Wildman–Crippen LogP) is 8.04. The first-order valence-electron chi connectivity index (χ1n) is 16.2. The summed E-state index contributed by atoms with van der Waals surface area (Å²) >= 11 is 0. The molecule has 6 nitrogen and oxygen atoms in total. The summed E-state index contributed by atoms with van der Waals surface area (Å²) in [6.45, 7) is 2.84. The molecule has 0 fully saturated rings. The van der Waals surface area contributed by atoms with Gasteiger partial charge in [-0.05, 0) is 65.3 Å². The third-order valence-electron chi connectivity index (χ3n) is 9.10. The van der Waals surface area contributed by atoms with E-state index < -0.39 is 23.6 Å². The van der Waals surface area contributed by atoms with Crippen molar-refractivity contribution in [3.05, 3.63) is 167 Å². The number of fused-ring (bicyclic) bond motifs is 3. The highest BCUT2D eigenvalue weighted by molar-refractivity contribution is 5.79. The maximum absolute atomic E-state index is 13.0. The fraction of sp³-hybridized carbons (Fsp3) is 0.220. The Morgan fingerprint density at radius 3 is 1.79 bits per heavy atom. The molecule has 0 aliphatic heterocycles. The largest absolute Gasteiger partial charge is 0.481 e. The van der Waals surface area contributed by atoms with Gasteiger partial charge in [-0.1, -0.05) is 139 Å². The average Bonchev–Trinajstić information content (AvgIpc) is 3.42. The zero-order chi connectivity index (χ0) is 32.6. The molecular weight excluding hydrogens is 584 g/mol. The lowest BCUT2D eigenvalue weighted by Crippen LogP contribution is -2.45. The van der Waals surface area contributed by atoms with Gasteiger partial charge in [0.2, 0.25) is 0 Å². The molecule has 0 aromatic heterocycles. The second kappa shape index (κ2) is 14.5. The van der Waals surface area contributed by atoms with Crippen LogP contribution in [0.25, 0.3) is 11.1 Å². The highest BCUT2D eigenvalue weighted by Gasteiger charge is 2.36. The van der Waals surface area contributed by atoms with Crippen molar-refractivity contribution < 1.29 is 19.4 Å². The molecule has 6 rings (SSSR count). The summed E-state index contributed by atoms with van der Waals surface area (Å²) in [5.41, 5.74) is 8.44. The molecule has 0 bridgehead atoms. The van der Waals surface area contributed by atoms with E-state index in [1.807, 2.05) is 60.7 Å². The maximum Gasteiger partial charge on any atom is 0.407 e. The van der Waals surface area contributed by atoms with Gasteiger partial charge in [0, 0.05) is 12.0 Å². The van der Waals surface area contributed by atoms with Crippen LogP contribution in [-0.2, 0) is 15.1 Å². The number of rotatable bonds is 13. The van der Waals surface area contributed by atoms with E-state index in [4.69, 9.17) is 4.74 Å². The van der Waals surface area contributed by atoms with E-state index in [9.17, 15) is 14.7 Å². The van der Waals surface area contributed by atoms with E-state index in [0.29, 0.717) is 19.4 Å². The van der Waals surface area contributed by atoms with Crippen molar-refractivity contribution in [2.24, 2.45) is 0 Å². The summed E-state index contributed by atoms with van der Waals surface area (Å²) in [6.07, 6.45) is 0.310. The molecule has 0 saturated heterocycles. The van der Waals surface area contributed by atoms with E-state index in [0.717, 1.165) is 38.9 Å². The van der Waals surface area contributed by atoms with Gasteiger partial charge >= 0.3 is 12.1 Å². The molecule has 6 heteroatoms. The first-order valence-corrected chi connectivity index (χ1v) is 16.2. The number of amides is 1. The lowest BCUT2D eigenvalue weighted by atomic mass is 9.76. The molecule has 5 aromatic rings. The van der Waals surface area contributed by atoms with Crippen LogP contribution < -0.4 is 10.6 Å². The smallest absolute Gasteiger partial charge is 0.407 e. The fourth-order valence-electron chi connectivity index (χ4n) is 6.85. The van der Waals surface area contributed by atoms with Gasteiger partial charge in [0.15, 0.2) is 0 Å². The number of benzene rings is 5. The van der Waals surface area contributed by atoms with Crippen molar-refractivity contribution in [3.63, 3.8) is 0 Å². The molecule has 3 N–H and O–H groups in total. The van der Waals surface area contributed by atoms with Crippen molar-refractivity contribution in [1.82, 2.24) is 10.6 Å². The number of ether oxygens (including phenoxy) is 1. The fourth-order valence-corrected chi connectivity index (χ4v) is 6.85. The monoisotopic (exact) mass is 624 g/mol. The number of aryl methyl sites for hydroxylation is 1. The molecule has 0 saturated carbocycles. The second-order valence-corrected chi connectivity index (χ2v) is 12.2. The Morgan fingerprint density at radius 1 is 0.723 bits per heavy atom. The zero-order valence-electron chi connectivity index (χ0n) is 26.6.